The first-order chi connectivity index (χ1) is 7.36. The summed E-state index contributed by atoms with van der Waals surface area (Å²) in [6.07, 6.45) is 0.976. The zero-order valence-electron chi connectivity index (χ0n) is 8.82. The van der Waals surface area contributed by atoms with E-state index >= 15 is 0 Å². The van der Waals surface area contributed by atoms with Crippen LogP contribution in [0.1, 0.15) is 19.1 Å². The number of furan rings is 1. The SMILES string of the molecule is CCCOc1c(CN)oc2ccccc12. The van der Waals surface area contributed by atoms with Crippen LogP contribution in [0.15, 0.2) is 28.7 Å². The Morgan fingerprint density at radius 3 is 2.87 bits per heavy atom. The molecule has 0 bridgehead atoms. The molecule has 80 valence electrons. The van der Waals surface area contributed by atoms with Crippen LogP contribution >= 0.6 is 0 Å². The van der Waals surface area contributed by atoms with E-state index in [9.17, 15) is 0 Å². The van der Waals surface area contributed by atoms with Crippen LogP contribution in [0, 0.1) is 0 Å². The maximum Gasteiger partial charge on any atom is 0.169 e. The Morgan fingerprint density at radius 1 is 1.33 bits per heavy atom. The van der Waals surface area contributed by atoms with Crippen molar-refractivity contribution in [1.82, 2.24) is 0 Å². The Morgan fingerprint density at radius 2 is 2.13 bits per heavy atom. The maximum absolute atomic E-state index is 5.66. The highest BCUT2D eigenvalue weighted by molar-refractivity contribution is 5.85. The number of benzene rings is 1. The van der Waals surface area contributed by atoms with Gasteiger partial charge in [0.1, 0.15) is 5.58 Å². The quantitative estimate of drug-likeness (QED) is 0.834. The molecule has 0 fully saturated rings. The van der Waals surface area contributed by atoms with Gasteiger partial charge in [-0.1, -0.05) is 19.1 Å². The third-order valence-corrected chi connectivity index (χ3v) is 2.25. The van der Waals surface area contributed by atoms with Crippen molar-refractivity contribution in [2.45, 2.75) is 19.9 Å². The minimum atomic E-state index is 0.369. The van der Waals surface area contributed by atoms with Crippen LogP contribution in [0.25, 0.3) is 11.0 Å². The van der Waals surface area contributed by atoms with Crippen LogP contribution in [-0.4, -0.2) is 6.61 Å². The molecule has 1 aromatic heterocycles. The lowest BCUT2D eigenvalue weighted by atomic mass is 10.2. The van der Waals surface area contributed by atoms with Gasteiger partial charge in [0.25, 0.3) is 0 Å². The second-order valence-electron chi connectivity index (χ2n) is 3.40. The molecule has 0 saturated carbocycles. The van der Waals surface area contributed by atoms with Crippen molar-refractivity contribution in [2.75, 3.05) is 6.61 Å². The summed E-state index contributed by atoms with van der Waals surface area (Å²) >= 11 is 0. The Balaban J connectivity index is 2.47. The maximum atomic E-state index is 5.66. The van der Waals surface area contributed by atoms with Gasteiger partial charge in [-0.25, -0.2) is 0 Å². The lowest BCUT2D eigenvalue weighted by molar-refractivity contribution is 0.310. The monoisotopic (exact) mass is 205 g/mol. The largest absolute Gasteiger partial charge is 0.489 e. The number of hydrogen-bond donors (Lipinski definition) is 1. The summed E-state index contributed by atoms with van der Waals surface area (Å²) < 4.78 is 11.3. The summed E-state index contributed by atoms with van der Waals surface area (Å²) in [5.41, 5.74) is 6.45. The first-order valence-electron chi connectivity index (χ1n) is 5.20. The number of hydrogen-bond acceptors (Lipinski definition) is 3. The molecular weight excluding hydrogens is 190 g/mol. The van der Waals surface area contributed by atoms with E-state index in [0.717, 1.165) is 28.9 Å². The molecule has 0 saturated heterocycles. The number of ether oxygens (including phenoxy) is 1. The lowest BCUT2D eigenvalue weighted by Gasteiger charge is -2.03. The third kappa shape index (κ3) is 1.83. The van der Waals surface area contributed by atoms with Crippen molar-refractivity contribution in [1.29, 1.82) is 0 Å². The van der Waals surface area contributed by atoms with Crippen molar-refractivity contribution in [2.24, 2.45) is 5.73 Å². The number of nitrogens with two attached hydrogens (primary N) is 1. The van der Waals surface area contributed by atoms with Gasteiger partial charge in [-0.3, -0.25) is 0 Å². The molecule has 0 atom stereocenters. The number of para-hydroxylation sites is 1. The summed E-state index contributed by atoms with van der Waals surface area (Å²) in [5.74, 6) is 1.53. The van der Waals surface area contributed by atoms with E-state index in [1.54, 1.807) is 0 Å². The molecule has 0 radical (unpaired) electrons. The van der Waals surface area contributed by atoms with E-state index in [-0.39, 0.29) is 0 Å². The predicted octanol–water partition coefficient (Wildman–Crippen LogP) is 2.68. The number of fused-ring (bicyclic) bond motifs is 1. The van der Waals surface area contributed by atoms with Gasteiger partial charge < -0.3 is 14.9 Å². The number of rotatable bonds is 4. The van der Waals surface area contributed by atoms with Crippen molar-refractivity contribution in [3.63, 3.8) is 0 Å². The summed E-state index contributed by atoms with van der Waals surface area (Å²) in [6, 6.07) is 7.82. The Labute approximate surface area is 88.8 Å². The molecule has 0 aliphatic heterocycles. The van der Waals surface area contributed by atoms with Gasteiger partial charge in [0.2, 0.25) is 0 Å². The zero-order valence-corrected chi connectivity index (χ0v) is 8.82. The smallest absolute Gasteiger partial charge is 0.169 e. The topological polar surface area (TPSA) is 48.4 Å². The summed E-state index contributed by atoms with van der Waals surface area (Å²) in [4.78, 5) is 0. The highest BCUT2D eigenvalue weighted by atomic mass is 16.5. The molecule has 0 spiro atoms. The van der Waals surface area contributed by atoms with E-state index < -0.39 is 0 Å². The first kappa shape index (κ1) is 10.1. The van der Waals surface area contributed by atoms with Crippen LogP contribution in [0.3, 0.4) is 0 Å². The molecule has 0 amide bonds. The van der Waals surface area contributed by atoms with Crippen LogP contribution < -0.4 is 10.5 Å². The highest BCUT2D eigenvalue weighted by Gasteiger charge is 2.13. The fourth-order valence-electron chi connectivity index (χ4n) is 1.57. The van der Waals surface area contributed by atoms with E-state index in [2.05, 4.69) is 6.92 Å². The molecule has 1 aromatic carbocycles. The molecule has 0 aliphatic carbocycles. The minimum Gasteiger partial charge on any atom is -0.489 e. The standard InChI is InChI=1S/C12H15NO2/c1-2-7-14-12-9-5-3-4-6-10(9)15-11(12)8-13/h3-6H,2,7-8,13H2,1H3. The average Bonchev–Trinajstić information content (AvgIpc) is 2.64. The van der Waals surface area contributed by atoms with Crippen LogP contribution in [0.4, 0.5) is 0 Å². The van der Waals surface area contributed by atoms with Crippen molar-refractivity contribution >= 4 is 11.0 Å². The molecule has 0 unspecified atom stereocenters. The molecule has 2 aromatic rings. The Bertz CT molecular complexity index is 448. The highest BCUT2D eigenvalue weighted by Crippen LogP contribution is 2.32. The first-order valence-corrected chi connectivity index (χ1v) is 5.20. The van der Waals surface area contributed by atoms with Gasteiger partial charge in [-0.05, 0) is 18.6 Å². The van der Waals surface area contributed by atoms with E-state index in [0.29, 0.717) is 13.2 Å². The van der Waals surface area contributed by atoms with Gasteiger partial charge in [-0.15, -0.1) is 0 Å². The van der Waals surface area contributed by atoms with E-state index in [1.807, 2.05) is 24.3 Å². The van der Waals surface area contributed by atoms with Gasteiger partial charge in [-0.2, -0.15) is 0 Å². The lowest BCUT2D eigenvalue weighted by Crippen LogP contribution is -2.00. The summed E-state index contributed by atoms with van der Waals surface area (Å²) in [7, 11) is 0. The Kier molecular flexibility index (Phi) is 2.92. The molecule has 3 heteroatoms. The van der Waals surface area contributed by atoms with Crippen LogP contribution in [-0.2, 0) is 6.54 Å². The zero-order chi connectivity index (χ0) is 10.7. The van der Waals surface area contributed by atoms with Gasteiger partial charge in [0, 0.05) is 0 Å². The summed E-state index contributed by atoms with van der Waals surface area (Å²) in [6.45, 7) is 3.13. The summed E-state index contributed by atoms with van der Waals surface area (Å²) in [5, 5.41) is 1.01. The molecule has 0 aliphatic rings. The second kappa shape index (κ2) is 4.36. The van der Waals surface area contributed by atoms with Crippen molar-refractivity contribution in [3.8, 4) is 5.75 Å². The second-order valence-corrected chi connectivity index (χ2v) is 3.40. The fraction of sp³-hybridized carbons (Fsp3) is 0.333. The minimum absolute atomic E-state index is 0.369. The molecule has 2 N–H and O–H groups in total. The Hall–Kier alpha value is -1.48. The molecule has 15 heavy (non-hydrogen) atoms. The fourth-order valence-corrected chi connectivity index (χ4v) is 1.57. The normalized spacial score (nSPS) is 10.8. The molecule has 2 rings (SSSR count). The van der Waals surface area contributed by atoms with Crippen molar-refractivity contribution < 1.29 is 9.15 Å². The molecule has 3 nitrogen and oxygen atoms in total. The van der Waals surface area contributed by atoms with Crippen LogP contribution in [0.2, 0.25) is 0 Å². The van der Waals surface area contributed by atoms with Gasteiger partial charge in [0.15, 0.2) is 11.5 Å². The van der Waals surface area contributed by atoms with Gasteiger partial charge >= 0.3 is 0 Å². The van der Waals surface area contributed by atoms with Crippen LogP contribution in [0.5, 0.6) is 5.75 Å². The van der Waals surface area contributed by atoms with Gasteiger partial charge in [0.05, 0.1) is 18.5 Å². The molecule has 1 heterocycles. The third-order valence-electron chi connectivity index (χ3n) is 2.25. The predicted molar refractivity (Wildman–Crippen MR) is 59.9 cm³/mol. The molecular formula is C12H15NO2. The van der Waals surface area contributed by atoms with E-state index in [1.165, 1.54) is 0 Å². The average molecular weight is 205 g/mol. The van der Waals surface area contributed by atoms with E-state index in [4.69, 9.17) is 14.9 Å². The van der Waals surface area contributed by atoms with Crippen molar-refractivity contribution in [3.05, 3.63) is 30.0 Å².